The molecule has 126 valence electrons. The maximum Gasteiger partial charge on any atom is 0.328 e. The molecule has 23 heavy (non-hydrogen) atoms. The van der Waals surface area contributed by atoms with Gasteiger partial charge in [0, 0.05) is 18.6 Å². The molecular formula is C15H21N3O5. The molecule has 1 amide bonds. The fourth-order valence-electron chi connectivity index (χ4n) is 1.90. The number of non-ortho nitro benzene ring substituents is 1. The van der Waals surface area contributed by atoms with Gasteiger partial charge >= 0.3 is 5.97 Å². The summed E-state index contributed by atoms with van der Waals surface area (Å²) in [7, 11) is 1.22. The topological polar surface area (TPSA) is 125 Å². The van der Waals surface area contributed by atoms with Gasteiger partial charge in [0.15, 0.2) is 0 Å². The molecule has 8 nitrogen and oxygen atoms in total. The lowest BCUT2D eigenvalue weighted by atomic mass is 10.0. The molecular weight excluding hydrogens is 302 g/mol. The van der Waals surface area contributed by atoms with E-state index in [1.165, 1.54) is 31.4 Å². The first-order chi connectivity index (χ1) is 10.8. The fourth-order valence-corrected chi connectivity index (χ4v) is 1.90. The van der Waals surface area contributed by atoms with Gasteiger partial charge in [0.1, 0.15) is 6.04 Å². The molecule has 0 radical (unpaired) electrons. The van der Waals surface area contributed by atoms with Crippen LogP contribution in [-0.2, 0) is 20.7 Å². The van der Waals surface area contributed by atoms with E-state index in [4.69, 9.17) is 5.73 Å². The van der Waals surface area contributed by atoms with Gasteiger partial charge in [-0.05, 0) is 11.5 Å². The summed E-state index contributed by atoms with van der Waals surface area (Å²) in [4.78, 5) is 34.0. The highest BCUT2D eigenvalue weighted by molar-refractivity contribution is 5.87. The number of nitrogens with two attached hydrogens (primary N) is 1. The van der Waals surface area contributed by atoms with Crippen molar-refractivity contribution in [1.82, 2.24) is 5.32 Å². The SMILES string of the molecule is COC(=O)[C@H](Cc1ccc([N+](=O)[O-])cc1)NC(=O)[C@@H](N)C(C)C. The van der Waals surface area contributed by atoms with Crippen molar-refractivity contribution in [3.63, 3.8) is 0 Å². The number of rotatable bonds is 7. The summed E-state index contributed by atoms with van der Waals surface area (Å²) in [6, 6.07) is 4.10. The number of hydrogen-bond acceptors (Lipinski definition) is 6. The number of carbonyl (C=O) groups is 2. The molecule has 2 atom stereocenters. The van der Waals surface area contributed by atoms with Crippen molar-refractivity contribution in [2.24, 2.45) is 11.7 Å². The van der Waals surface area contributed by atoms with E-state index in [-0.39, 0.29) is 18.0 Å². The van der Waals surface area contributed by atoms with Crippen molar-refractivity contribution in [3.05, 3.63) is 39.9 Å². The number of hydrogen-bond donors (Lipinski definition) is 2. The lowest BCUT2D eigenvalue weighted by Crippen LogP contribution is -2.51. The molecule has 0 fully saturated rings. The Morgan fingerprint density at radius 2 is 1.87 bits per heavy atom. The van der Waals surface area contributed by atoms with Gasteiger partial charge in [0.2, 0.25) is 5.91 Å². The Hall–Kier alpha value is -2.48. The Morgan fingerprint density at radius 1 is 1.30 bits per heavy atom. The van der Waals surface area contributed by atoms with Gasteiger partial charge in [0.05, 0.1) is 18.1 Å². The summed E-state index contributed by atoms with van der Waals surface area (Å²) < 4.78 is 4.68. The van der Waals surface area contributed by atoms with Crippen LogP contribution in [0.2, 0.25) is 0 Å². The minimum Gasteiger partial charge on any atom is -0.467 e. The summed E-state index contributed by atoms with van der Waals surface area (Å²) >= 11 is 0. The first-order valence-electron chi connectivity index (χ1n) is 7.13. The van der Waals surface area contributed by atoms with E-state index in [0.29, 0.717) is 5.56 Å². The molecule has 0 saturated heterocycles. The first-order valence-corrected chi connectivity index (χ1v) is 7.13. The normalized spacial score (nSPS) is 13.3. The van der Waals surface area contributed by atoms with Crippen LogP contribution in [0.25, 0.3) is 0 Å². The molecule has 0 aliphatic rings. The van der Waals surface area contributed by atoms with Crippen LogP contribution in [0.5, 0.6) is 0 Å². The minimum atomic E-state index is -0.904. The highest BCUT2D eigenvalue weighted by Crippen LogP contribution is 2.14. The molecule has 0 aromatic heterocycles. The number of nitrogens with one attached hydrogen (secondary N) is 1. The Kier molecular flexibility index (Phi) is 6.65. The zero-order chi connectivity index (χ0) is 17.6. The second kappa shape index (κ2) is 8.23. The van der Waals surface area contributed by atoms with Crippen LogP contribution in [0.1, 0.15) is 19.4 Å². The van der Waals surface area contributed by atoms with Crippen LogP contribution < -0.4 is 11.1 Å². The first kappa shape index (κ1) is 18.6. The van der Waals surface area contributed by atoms with Crippen molar-refractivity contribution in [1.29, 1.82) is 0 Å². The van der Waals surface area contributed by atoms with E-state index in [9.17, 15) is 19.7 Å². The van der Waals surface area contributed by atoms with Crippen molar-refractivity contribution < 1.29 is 19.2 Å². The number of methoxy groups -OCH3 is 1. The largest absolute Gasteiger partial charge is 0.467 e. The number of benzene rings is 1. The number of amides is 1. The zero-order valence-corrected chi connectivity index (χ0v) is 13.3. The van der Waals surface area contributed by atoms with E-state index in [0.717, 1.165) is 0 Å². The maximum atomic E-state index is 12.0. The van der Waals surface area contributed by atoms with Gasteiger partial charge in [0.25, 0.3) is 5.69 Å². The highest BCUT2D eigenvalue weighted by atomic mass is 16.6. The fraction of sp³-hybridized carbons (Fsp3) is 0.467. The molecule has 0 unspecified atom stereocenters. The summed E-state index contributed by atoms with van der Waals surface area (Å²) in [6.07, 6.45) is 0.154. The molecule has 1 aromatic carbocycles. The Bertz CT molecular complexity index is 571. The predicted octanol–water partition coefficient (Wildman–Crippen LogP) is 0.778. The van der Waals surface area contributed by atoms with Gasteiger partial charge < -0.3 is 15.8 Å². The molecule has 3 N–H and O–H groups in total. The predicted molar refractivity (Wildman–Crippen MR) is 83.6 cm³/mol. The van der Waals surface area contributed by atoms with E-state index >= 15 is 0 Å². The van der Waals surface area contributed by atoms with Gasteiger partial charge in [-0.1, -0.05) is 26.0 Å². The van der Waals surface area contributed by atoms with Gasteiger partial charge in [-0.15, -0.1) is 0 Å². The minimum absolute atomic E-state index is 0.0470. The van der Waals surface area contributed by atoms with Crippen LogP contribution in [-0.4, -0.2) is 36.0 Å². The Labute approximate surface area is 134 Å². The molecule has 8 heteroatoms. The number of ether oxygens (including phenoxy) is 1. The Balaban J connectivity index is 2.84. The van der Waals surface area contributed by atoms with Crippen molar-refractivity contribution in [2.75, 3.05) is 7.11 Å². The van der Waals surface area contributed by atoms with Crippen molar-refractivity contribution in [2.45, 2.75) is 32.4 Å². The number of carbonyl (C=O) groups excluding carboxylic acids is 2. The third-order valence-corrected chi connectivity index (χ3v) is 3.41. The lowest BCUT2D eigenvalue weighted by Gasteiger charge is -2.21. The van der Waals surface area contributed by atoms with E-state index < -0.39 is 28.9 Å². The maximum absolute atomic E-state index is 12.0. The smallest absolute Gasteiger partial charge is 0.328 e. The zero-order valence-electron chi connectivity index (χ0n) is 13.3. The van der Waals surface area contributed by atoms with Crippen LogP contribution in [0.15, 0.2) is 24.3 Å². The number of nitro groups is 1. The summed E-state index contributed by atoms with van der Waals surface area (Å²) in [6.45, 7) is 3.60. The van der Waals surface area contributed by atoms with Crippen LogP contribution in [0.4, 0.5) is 5.69 Å². The molecule has 0 aliphatic carbocycles. The summed E-state index contributed by atoms with van der Waals surface area (Å²) in [5.74, 6) is -1.13. The van der Waals surface area contributed by atoms with Crippen molar-refractivity contribution in [3.8, 4) is 0 Å². The van der Waals surface area contributed by atoms with E-state index in [2.05, 4.69) is 10.1 Å². The average Bonchev–Trinajstić information content (AvgIpc) is 2.52. The quantitative estimate of drug-likeness (QED) is 0.434. The third kappa shape index (κ3) is 5.33. The van der Waals surface area contributed by atoms with E-state index in [1.54, 1.807) is 13.8 Å². The number of nitro benzene ring substituents is 1. The third-order valence-electron chi connectivity index (χ3n) is 3.41. The highest BCUT2D eigenvalue weighted by Gasteiger charge is 2.26. The monoisotopic (exact) mass is 323 g/mol. The molecule has 0 aliphatic heterocycles. The lowest BCUT2D eigenvalue weighted by molar-refractivity contribution is -0.384. The average molecular weight is 323 g/mol. The standard InChI is InChI=1S/C15H21N3O5/c1-9(2)13(16)14(19)17-12(15(20)23-3)8-10-4-6-11(7-5-10)18(21)22/h4-7,9,12-13H,8,16H2,1-3H3,(H,17,19)/t12-,13-/m0/s1. The van der Waals surface area contributed by atoms with Gasteiger partial charge in [-0.3, -0.25) is 14.9 Å². The second-order valence-electron chi connectivity index (χ2n) is 5.48. The van der Waals surface area contributed by atoms with Crippen molar-refractivity contribution >= 4 is 17.6 Å². The number of esters is 1. The van der Waals surface area contributed by atoms with Gasteiger partial charge in [-0.2, -0.15) is 0 Å². The Morgan fingerprint density at radius 3 is 2.30 bits per heavy atom. The van der Waals surface area contributed by atoms with Crippen LogP contribution in [0, 0.1) is 16.0 Å². The summed E-state index contributed by atoms with van der Waals surface area (Å²) in [5, 5.41) is 13.2. The van der Waals surface area contributed by atoms with E-state index in [1.807, 2.05) is 0 Å². The van der Waals surface area contributed by atoms with Crippen LogP contribution >= 0.6 is 0 Å². The molecule has 0 bridgehead atoms. The molecule has 1 rings (SSSR count). The second-order valence-corrected chi connectivity index (χ2v) is 5.48. The van der Waals surface area contributed by atoms with Crippen LogP contribution in [0.3, 0.4) is 0 Å². The summed E-state index contributed by atoms with van der Waals surface area (Å²) in [5.41, 5.74) is 6.37. The molecule has 0 spiro atoms. The van der Waals surface area contributed by atoms with Gasteiger partial charge in [-0.25, -0.2) is 4.79 Å². The molecule has 0 heterocycles. The molecule has 1 aromatic rings. The number of nitrogens with zero attached hydrogens (tertiary/aromatic N) is 1. The molecule has 0 saturated carbocycles.